The minimum atomic E-state index is -3.87. The number of sulfonamides is 1. The van der Waals surface area contributed by atoms with Crippen molar-refractivity contribution < 1.29 is 17.6 Å². The molecular weight excluding hydrogens is 378 g/mol. The summed E-state index contributed by atoms with van der Waals surface area (Å²) in [6, 6.07) is 9.67. The van der Waals surface area contributed by atoms with Gasteiger partial charge in [0, 0.05) is 12.1 Å². The van der Waals surface area contributed by atoms with Gasteiger partial charge >= 0.3 is 0 Å². The van der Waals surface area contributed by atoms with Crippen LogP contribution < -0.4 is 5.32 Å². The van der Waals surface area contributed by atoms with Gasteiger partial charge in [-0.3, -0.25) is 4.79 Å². The molecule has 0 fully saturated rings. The number of halogens is 3. The molecule has 0 atom stereocenters. The fourth-order valence-corrected chi connectivity index (χ4v) is 3.29. The van der Waals surface area contributed by atoms with E-state index in [1.54, 1.807) is 0 Å². The van der Waals surface area contributed by atoms with Crippen LogP contribution in [0.1, 0.15) is 0 Å². The smallest absolute Gasteiger partial charge is 0.243 e. The fourth-order valence-electron chi connectivity index (χ4n) is 1.86. The van der Waals surface area contributed by atoms with Crippen molar-refractivity contribution in [2.24, 2.45) is 0 Å². The molecule has 0 radical (unpaired) electrons. The number of hydrogen-bond acceptors (Lipinski definition) is 3. The second-order valence-corrected chi connectivity index (χ2v) is 7.75. The van der Waals surface area contributed by atoms with Gasteiger partial charge in [-0.05, 0) is 36.4 Å². The van der Waals surface area contributed by atoms with Crippen LogP contribution in [-0.4, -0.2) is 32.2 Å². The maximum absolute atomic E-state index is 13.7. The van der Waals surface area contributed by atoms with Crippen molar-refractivity contribution in [3.8, 4) is 0 Å². The van der Waals surface area contributed by atoms with Crippen molar-refractivity contribution in [2.75, 3.05) is 18.9 Å². The first kappa shape index (κ1) is 18.7. The Labute approximate surface area is 149 Å². The third-order valence-electron chi connectivity index (χ3n) is 3.11. The number of carbonyl (C=O) groups excluding carboxylic acids is 1. The van der Waals surface area contributed by atoms with Crippen molar-refractivity contribution in [3.63, 3.8) is 0 Å². The number of amides is 1. The summed E-state index contributed by atoms with van der Waals surface area (Å²) in [6.45, 7) is -0.489. The molecule has 9 heteroatoms. The van der Waals surface area contributed by atoms with Crippen LogP contribution in [0.15, 0.2) is 47.4 Å². The highest BCUT2D eigenvalue weighted by Crippen LogP contribution is 2.22. The second-order valence-electron chi connectivity index (χ2n) is 4.86. The van der Waals surface area contributed by atoms with Gasteiger partial charge < -0.3 is 5.32 Å². The number of benzene rings is 2. The Hall–Kier alpha value is -1.67. The topological polar surface area (TPSA) is 66.5 Å². The SMILES string of the molecule is CN(CC(=O)Nc1cccc(Cl)c1F)S(=O)(=O)c1ccc(Cl)cc1. The van der Waals surface area contributed by atoms with Gasteiger partial charge in [-0.15, -0.1) is 0 Å². The number of carbonyl (C=O) groups is 1. The molecule has 0 aliphatic heterocycles. The second kappa shape index (κ2) is 7.48. The molecule has 0 spiro atoms. The molecule has 0 saturated carbocycles. The summed E-state index contributed by atoms with van der Waals surface area (Å²) >= 11 is 11.3. The predicted octanol–water partition coefficient (Wildman–Crippen LogP) is 3.39. The number of nitrogens with zero attached hydrogens (tertiary/aromatic N) is 1. The molecule has 0 aliphatic rings. The lowest BCUT2D eigenvalue weighted by atomic mass is 10.3. The molecular formula is C15H13Cl2FN2O3S. The first-order chi connectivity index (χ1) is 11.2. The molecule has 0 bridgehead atoms. The summed E-state index contributed by atoms with van der Waals surface area (Å²) in [5.74, 6) is -1.48. The van der Waals surface area contributed by atoms with Gasteiger partial charge in [0.05, 0.1) is 22.2 Å². The zero-order valence-electron chi connectivity index (χ0n) is 12.5. The fraction of sp³-hybridized carbons (Fsp3) is 0.133. The van der Waals surface area contributed by atoms with Crippen LogP contribution in [0.5, 0.6) is 0 Å². The number of rotatable bonds is 5. The summed E-state index contributed by atoms with van der Waals surface area (Å²) < 4.78 is 39.3. The van der Waals surface area contributed by atoms with Gasteiger partial charge in [-0.2, -0.15) is 4.31 Å². The lowest BCUT2D eigenvalue weighted by molar-refractivity contribution is -0.116. The lowest BCUT2D eigenvalue weighted by Gasteiger charge is -2.17. The van der Waals surface area contributed by atoms with E-state index in [1.807, 2.05) is 0 Å². The lowest BCUT2D eigenvalue weighted by Crippen LogP contribution is -2.35. The molecule has 0 unspecified atom stereocenters. The third-order valence-corrected chi connectivity index (χ3v) is 5.48. The van der Waals surface area contributed by atoms with Crippen LogP contribution in [0.4, 0.5) is 10.1 Å². The normalized spacial score (nSPS) is 11.5. The molecule has 24 heavy (non-hydrogen) atoms. The first-order valence-corrected chi connectivity index (χ1v) is 8.87. The molecule has 1 N–H and O–H groups in total. The summed E-state index contributed by atoms with van der Waals surface area (Å²) in [7, 11) is -2.62. The Morgan fingerprint density at radius 1 is 1.17 bits per heavy atom. The van der Waals surface area contributed by atoms with Gasteiger partial charge in [0.2, 0.25) is 15.9 Å². The van der Waals surface area contributed by atoms with E-state index in [1.165, 1.54) is 49.5 Å². The molecule has 0 aromatic heterocycles. The molecule has 5 nitrogen and oxygen atoms in total. The van der Waals surface area contributed by atoms with Crippen molar-refractivity contribution in [2.45, 2.75) is 4.90 Å². The van der Waals surface area contributed by atoms with E-state index in [2.05, 4.69) is 5.32 Å². The summed E-state index contributed by atoms with van der Waals surface area (Å²) in [5.41, 5.74) is -0.121. The maximum Gasteiger partial charge on any atom is 0.243 e. The van der Waals surface area contributed by atoms with Crippen LogP contribution in [-0.2, 0) is 14.8 Å². The monoisotopic (exact) mass is 390 g/mol. The van der Waals surface area contributed by atoms with Crippen molar-refractivity contribution in [1.29, 1.82) is 0 Å². The zero-order chi connectivity index (χ0) is 17.9. The number of hydrogen-bond donors (Lipinski definition) is 1. The average molecular weight is 391 g/mol. The van der Waals surface area contributed by atoms with Gasteiger partial charge in [0.1, 0.15) is 0 Å². The Kier molecular flexibility index (Phi) is 5.82. The molecule has 2 aromatic rings. The zero-order valence-corrected chi connectivity index (χ0v) is 14.8. The Morgan fingerprint density at radius 2 is 1.79 bits per heavy atom. The van der Waals surface area contributed by atoms with Crippen molar-refractivity contribution in [1.82, 2.24) is 4.31 Å². The molecule has 128 valence electrons. The van der Waals surface area contributed by atoms with Gasteiger partial charge in [0.15, 0.2) is 5.82 Å². The highest BCUT2D eigenvalue weighted by atomic mass is 35.5. The number of nitrogens with one attached hydrogen (secondary N) is 1. The van der Waals surface area contributed by atoms with Crippen LogP contribution in [0, 0.1) is 5.82 Å². The van der Waals surface area contributed by atoms with Crippen molar-refractivity contribution >= 4 is 44.8 Å². The summed E-state index contributed by atoms with van der Waals surface area (Å²) in [6.07, 6.45) is 0. The highest BCUT2D eigenvalue weighted by molar-refractivity contribution is 7.89. The largest absolute Gasteiger partial charge is 0.322 e. The number of anilines is 1. The van der Waals surface area contributed by atoms with E-state index in [0.717, 1.165) is 4.31 Å². The Bertz CT molecular complexity index is 858. The van der Waals surface area contributed by atoms with Gasteiger partial charge in [0.25, 0.3) is 0 Å². The molecule has 0 heterocycles. The van der Waals surface area contributed by atoms with Crippen LogP contribution in [0.3, 0.4) is 0 Å². The first-order valence-electron chi connectivity index (χ1n) is 6.67. The van der Waals surface area contributed by atoms with Crippen molar-refractivity contribution in [3.05, 3.63) is 58.3 Å². The molecule has 0 saturated heterocycles. The summed E-state index contributed by atoms with van der Waals surface area (Å²) in [4.78, 5) is 12.0. The van der Waals surface area contributed by atoms with E-state index < -0.39 is 28.3 Å². The third kappa shape index (κ3) is 4.24. The van der Waals surface area contributed by atoms with E-state index in [0.29, 0.717) is 5.02 Å². The highest BCUT2D eigenvalue weighted by Gasteiger charge is 2.23. The molecule has 2 aromatic carbocycles. The van der Waals surface area contributed by atoms with E-state index >= 15 is 0 Å². The van der Waals surface area contributed by atoms with E-state index in [4.69, 9.17) is 23.2 Å². The van der Waals surface area contributed by atoms with E-state index in [-0.39, 0.29) is 15.6 Å². The average Bonchev–Trinajstić information content (AvgIpc) is 2.52. The summed E-state index contributed by atoms with van der Waals surface area (Å²) in [5, 5.41) is 2.54. The maximum atomic E-state index is 13.7. The van der Waals surface area contributed by atoms with Crippen LogP contribution in [0.25, 0.3) is 0 Å². The molecule has 2 rings (SSSR count). The molecule has 0 aliphatic carbocycles. The minimum absolute atomic E-state index is 0.00358. The Morgan fingerprint density at radius 3 is 2.42 bits per heavy atom. The minimum Gasteiger partial charge on any atom is -0.322 e. The predicted molar refractivity (Wildman–Crippen MR) is 91.3 cm³/mol. The number of likely N-dealkylation sites (N-methyl/N-ethyl adjacent to an activating group) is 1. The van der Waals surface area contributed by atoms with Crippen LogP contribution >= 0.6 is 23.2 Å². The van der Waals surface area contributed by atoms with E-state index in [9.17, 15) is 17.6 Å². The Balaban J connectivity index is 2.10. The standard InChI is InChI=1S/C15H13Cl2FN2O3S/c1-20(24(22,23)11-7-5-10(16)6-8-11)9-14(21)19-13-4-2-3-12(17)15(13)18/h2-8H,9H2,1H3,(H,19,21). The quantitative estimate of drug-likeness (QED) is 0.850. The van der Waals surface area contributed by atoms with Gasteiger partial charge in [-0.25, -0.2) is 12.8 Å². The van der Waals surface area contributed by atoms with Crippen LogP contribution in [0.2, 0.25) is 10.0 Å². The molecule has 1 amide bonds. The van der Waals surface area contributed by atoms with Gasteiger partial charge in [-0.1, -0.05) is 29.3 Å².